The van der Waals surface area contributed by atoms with Gasteiger partial charge in [0.15, 0.2) is 0 Å². The predicted octanol–water partition coefficient (Wildman–Crippen LogP) is 2.58. The Morgan fingerprint density at radius 2 is 2.03 bits per heavy atom. The van der Waals surface area contributed by atoms with Gasteiger partial charge in [0.2, 0.25) is 11.1 Å². The van der Waals surface area contributed by atoms with Gasteiger partial charge in [0.05, 0.1) is 25.7 Å². The van der Waals surface area contributed by atoms with Crippen LogP contribution in [0.15, 0.2) is 58.8 Å². The molecule has 0 radical (unpaired) electrons. The second-order valence-electron chi connectivity index (χ2n) is 6.12. The zero-order valence-corrected chi connectivity index (χ0v) is 17.9. The number of carbonyl (C=O) groups excluding carboxylic acids is 1. The van der Waals surface area contributed by atoms with E-state index in [1.807, 2.05) is 31.2 Å². The summed E-state index contributed by atoms with van der Waals surface area (Å²) in [5.74, 6) is 7.63. The van der Waals surface area contributed by atoms with Gasteiger partial charge >= 0.3 is 0 Å². The Balaban J connectivity index is 1.50. The van der Waals surface area contributed by atoms with Gasteiger partial charge in [-0.15, -0.1) is 10.2 Å². The first-order chi connectivity index (χ1) is 15.1. The van der Waals surface area contributed by atoms with Gasteiger partial charge in [-0.25, -0.2) is 10.1 Å². The summed E-state index contributed by atoms with van der Waals surface area (Å²) in [5.41, 5.74) is 4.25. The highest BCUT2D eigenvalue weighted by molar-refractivity contribution is 7.99. The highest BCUT2D eigenvalue weighted by Crippen LogP contribution is 2.19. The molecule has 2 aromatic carbocycles. The van der Waals surface area contributed by atoms with Gasteiger partial charge in [0.1, 0.15) is 11.5 Å². The van der Waals surface area contributed by atoms with Crippen LogP contribution in [0.3, 0.4) is 0 Å². The maximum atomic E-state index is 12.2. The molecule has 10 nitrogen and oxygen atoms in total. The summed E-state index contributed by atoms with van der Waals surface area (Å²) >= 11 is 1.16. The Bertz CT molecular complexity index is 1040. The fourth-order valence-corrected chi connectivity index (χ4v) is 3.12. The zero-order valence-electron chi connectivity index (χ0n) is 17.1. The topological polar surface area (TPSA) is 129 Å². The Morgan fingerprint density at radius 3 is 2.77 bits per heavy atom. The van der Waals surface area contributed by atoms with E-state index in [2.05, 4.69) is 26.0 Å². The van der Waals surface area contributed by atoms with Crippen molar-refractivity contribution in [1.82, 2.24) is 14.9 Å². The first-order valence-electron chi connectivity index (χ1n) is 9.38. The van der Waals surface area contributed by atoms with Crippen LogP contribution in [-0.2, 0) is 4.79 Å². The third-order valence-electron chi connectivity index (χ3n) is 3.92. The lowest BCUT2D eigenvalue weighted by molar-refractivity contribution is -0.113. The van der Waals surface area contributed by atoms with E-state index in [4.69, 9.17) is 15.3 Å². The predicted molar refractivity (Wildman–Crippen MR) is 121 cm³/mol. The number of amides is 1. The SMILES string of the molecule is CCOc1ccc(NC(=O)CSc2nnc(N/N=C/c3cccc(OC)c3)n2N)cc1. The van der Waals surface area contributed by atoms with Crippen molar-refractivity contribution in [3.05, 3.63) is 54.1 Å². The fraction of sp³-hybridized carbons (Fsp3) is 0.200. The molecule has 0 atom stereocenters. The van der Waals surface area contributed by atoms with E-state index in [1.54, 1.807) is 37.6 Å². The average molecular weight is 442 g/mol. The molecule has 0 fully saturated rings. The van der Waals surface area contributed by atoms with E-state index < -0.39 is 0 Å². The van der Waals surface area contributed by atoms with Crippen LogP contribution in [0.5, 0.6) is 11.5 Å². The normalized spacial score (nSPS) is 10.8. The molecule has 1 aromatic heterocycles. The summed E-state index contributed by atoms with van der Waals surface area (Å²) in [6, 6.07) is 14.6. The molecule has 1 amide bonds. The molecule has 1 heterocycles. The number of methoxy groups -OCH3 is 1. The quantitative estimate of drug-likeness (QED) is 0.189. The summed E-state index contributed by atoms with van der Waals surface area (Å²) in [7, 11) is 1.60. The van der Waals surface area contributed by atoms with Crippen molar-refractivity contribution in [3.63, 3.8) is 0 Å². The molecular formula is C20H23N7O3S. The smallest absolute Gasteiger partial charge is 0.264 e. The van der Waals surface area contributed by atoms with Crippen molar-refractivity contribution in [1.29, 1.82) is 0 Å². The van der Waals surface area contributed by atoms with Crippen LogP contribution in [0.2, 0.25) is 0 Å². The molecule has 0 unspecified atom stereocenters. The number of nitrogens with two attached hydrogens (primary N) is 1. The number of thioether (sulfide) groups is 1. The fourth-order valence-electron chi connectivity index (χ4n) is 2.47. The van der Waals surface area contributed by atoms with Crippen molar-refractivity contribution in [3.8, 4) is 11.5 Å². The second-order valence-corrected chi connectivity index (χ2v) is 7.06. The monoisotopic (exact) mass is 441 g/mol. The van der Waals surface area contributed by atoms with Gasteiger partial charge in [-0.3, -0.25) is 4.79 Å². The standard InChI is InChI=1S/C20H23N7O3S/c1-3-30-16-9-7-15(8-10-16)23-18(28)13-31-20-26-25-19(27(20)21)24-22-12-14-5-4-6-17(11-14)29-2/h4-12H,3,13,21H2,1-2H3,(H,23,28)(H,24,25)/b22-12+. The van der Waals surface area contributed by atoms with Gasteiger partial charge in [-0.05, 0) is 48.9 Å². The Hall–Kier alpha value is -3.73. The maximum absolute atomic E-state index is 12.2. The van der Waals surface area contributed by atoms with E-state index in [9.17, 15) is 4.79 Å². The summed E-state index contributed by atoms with van der Waals surface area (Å²) in [6.45, 7) is 2.50. The average Bonchev–Trinajstić information content (AvgIpc) is 3.13. The van der Waals surface area contributed by atoms with Crippen LogP contribution in [0.25, 0.3) is 0 Å². The lowest BCUT2D eigenvalue weighted by Crippen LogP contribution is -2.16. The van der Waals surface area contributed by atoms with Crippen molar-refractivity contribution < 1.29 is 14.3 Å². The summed E-state index contributed by atoms with van der Waals surface area (Å²) in [4.78, 5) is 12.2. The summed E-state index contributed by atoms with van der Waals surface area (Å²) in [6.07, 6.45) is 1.61. The Morgan fingerprint density at radius 1 is 1.23 bits per heavy atom. The van der Waals surface area contributed by atoms with E-state index >= 15 is 0 Å². The minimum atomic E-state index is -0.192. The van der Waals surface area contributed by atoms with Crippen LogP contribution in [0, 0.1) is 0 Å². The van der Waals surface area contributed by atoms with Gasteiger partial charge in [0, 0.05) is 5.69 Å². The van der Waals surface area contributed by atoms with E-state index in [0.717, 1.165) is 28.8 Å². The largest absolute Gasteiger partial charge is 0.497 e. The molecule has 0 spiro atoms. The Labute approximate surface area is 183 Å². The van der Waals surface area contributed by atoms with E-state index in [-0.39, 0.29) is 17.6 Å². The first-order valence-corrected chi connectivity index (χ1v) is 10.4. The van der Waals surface area contributed by atoms with Crippen molar-refractivity contribution >= 4 is 35.5 Å². The van der Waals surface area contributed by atoms with Crippen LogP contribution in [0.4, 0.5) is 11.6 Å². The number of hydrazone groups is 1. The van der Waals surface area contributed by atoms with Gasteiger partial charge in [0.25, 0.3) is 5.95 Å². The summed E-state index contributed by atoms with van der Waals surface area (Å²) in [5, 5.41) is 15.2. The third-order valence-corrected chi connectivity index (χ3v) is 4.86. The van der Waals surface area contributed by atoms with Crippen LogP contribution in [0.1, 0.15) is 12.5 Å². The zero-order chi connectivity index (χ0) is 22.1. The van der Waals surface area contributed by atoms with Gasteiger partial charge < -0.3 is 20.6 Å². The summed E-state index contributed by atoms with van der Waals surface area (Å²) < 4.78 is 11.8. The molecule has 0 saturated carbocycles. The minimum Gasteiger partial charge on any atom is -0.497 e. The van der Waals surface area contributed by atoms with E-state index in [0.29, 0.717) is 17.5 Å². The number of carbonyl (C=O) groups is 1. The maximum Gasteiger partial charge on any atom is 0.264 e. The molecular weight excluding hydrogens is 418 g/mol. The van der Waals surface area contributed by atoms with Crippen molar-refractivity contribution in [2.45, 2.75) is 12.1 Å². The second kappa shape index (κ2) is 10.9. The van der Waals surface area contributed by atoms with Crippen molar-refractivity contribution in [2.24, 2.45) is 5.10 Å². The number of aromatic nitrogens is 3. The lowest BCUT2D eigenvalue weighted by Gasteiger charge is -2.07. The van der Waals surface area contributed by atoms with E-state index in [1.165, 1.54) is 4.68 Å². The number of nitrogens with one attached hydrogen (secondary N) is 2. The van der Waals surface area contributed by atoms with Crippen LogP contribution >= 0.6 is 11.8 Å². The Kier molecular flexibility index (Phi) is 7.71. The molecule has 3 rings (SSSR count). The molecule has 31 heavy (non-hydrogen) atoms. The molecule has 0 aliphatic rings. The number of rotatable bonds is 10. The van der Waals surface area contributed by atoms with Crippen LogP contribution in [-0.4, -0.2) is 46.5 Å². The number of hydrogen-bond acceptors (Lipinski definition) is 9. The number of ether oxygens (including phenoxy) is 2. The third kappa shape index (κ3) is 6.37. The van der Waals surface area contributed by atoms with Crippen molar-refractivity contribution in [2.75, 3.05) is 36.1 Å². The number of hydrogen-bond donors (Lipinski definition) is 3. The molecule has 4 N–H and O–H groups in total. The molecule has 11 heteroatoms. The molecule has 162 valence electrons. The van der Waals surface area contributed by atoms with Gasteiger partial charge in [-0.1, -0.05) is 23.9 Å². The van der Waals surface area contributed by atoms with Gasteiger partial charge in [-0.2, -0.15) is 5.10 Å². The molecule has 0 saturated heterocycles. The highest BCUT2D eigenvalue weighted by Gasteiger charge is 2.12. The molecule has 0 bridgehead atoms. The minimum absolute atomic E-state index is 0.121. The lowest BCUT2D eigenvalue weighted by atomic mass is 10.2. The highest BCUT2D eigenvalue weighted by atomic mass is 32.2. The number of benzene rings is 2. The molecule has 3 aromatic rings. The first kappa shape index (κ1) is 22.0. The number of anilines is 2. The molecule has 0 aliphatic carbocycles. The van der Waals surface area contributed by atoms with Crippen LogP contribution < -0.4 is 26.1 Å². The number of nitrogens with zero attached hydrogens (tertiary/aromatic N) is 4. The molecule has 0 aliphatic heterocycles. The number of nitrogen functional groups attached to an aromatic ring is 1.